The van der Waals surface area contributed by atoms with Gasteiger partial charge in [-0.25, -0.2) is 13.2 Å². The van der Waals surface area contributed by atoms with Gasteiger partial charge in [0.05, 0.1) is 5.92 Å². The predicted octanol–water partition coefficient (Wildman–Crippen LogP) is 4.88. The smallest absolute Gasteiger partial charge is 0.287 e. The molecule has 0 bridgehead atoms. The van der Waals surface area contributed by atoms with Crippen LogP contribution >= 0.6 is 0 Å². The molecule has 1 aromatic rings. The first kappa shape index (κ1) is 20.9. The molecule has 0 amide bonds. The molecular formula is C18H27F3O3. The van der Waals surface area contributed by atoms with Crippen LogP contribution in [0.15, 0.2) is 12.1 Å². The summed E-state index contributed by atoms with van der Waals surface area (Å²) in [5.74, 6) is -6.40. The maximum Gasteiger partial charge on any atom is 0.287 e. The Kier molecular flexibility index (Phi) is 8.73. The Hall–Kier alpha value is -1.11. The van der Waals surface area contributed by atoms with Gasteiger partial charge in [0.2, 0.25) is 0 Å². The molecule has 1 atom stereocenters. The van der Waals surface area contributed by atoms with E-state index in [1.54, 1.807) is 0 Å². The van der Waals surface area contributed by atoms with Crippen molar-refractivity contribution in [2.24, 2.45) is 0 Å². The standard InChI is InChI=1S/C18H27F3O3/c1-4-5-6-7-8-9-10-14(18(22,23-2)24-3)17-15(20)11-13(19)12-16(17)21/h11-12,14,22H,4-10H2,1-3H3. The third kappa shape index (κ3) is 5.46. The molecule has 0 fully saturated rings. The average molecular weight is 348 g/mol. The van der Waals surface area contributed by atoms with Crippen LogP contribution in [0.2, 0.25) is 0 Å². The van der Waals surface area contributed by atoms with E-state index in [0.29, 0.717) is 18.6 Å². The number of aliphatic hydroxyl groups is 1. The molecule has 0 aromatic heterocycles. The van der Waals surface area contributed by atoms with Crippen molar-refractivity contribution in [3.63, 3.8) is 0 Å². The monoisotopic (exact) mass is 348 g/mol. The Labute approximate surface area is 141 Å². The molecule has 0 saturated heterocycles. The normalized spacial score (nSPS) is 13.3. The molecule has 1 rings (SSSR count). The molecule has 0 heterocycles. The molecule has 0 radical (unpaired) electrons. The van der Waals surface area contributed by atoms with Gasteiger partial charge in [0.1, 0.15) is 17.5 Å². The molecule has 24 heavy (non-hydrogen) atoms. The summed E-state index contributed by atoms with van der Waals surface area (Å²) in [7, 11) is 2.38. The minimum atomic E-state index is -2.18. The van der Waals surface area contributed by atoms with Crippen LogP contribution in [0, 0.1) is 17.5 Å². The number of halogens is 3. The topological polar surface area (TPSA) is 38.7 Å². The van der Waals surface area contributed by atoms with Gasteiger partial charge in [-0.1, -0.05) is 45.4 Å². The van der Waals surface area contributed by atoms with Gasteiger partial charge in [-0.2, -0.15) is 0 Å². The lowest BCUT2D eigenvalue weighted by molar-refractivity contribution is -0.353. The minimum absolute atomic E-state index is 0.254. The van der Waals surface area contributed by atoms with Crippen LogP contribution in [-0.4, -0.2) is 25.3 Å². The number of methoxy groups -OCH3 is 2. The van der Waals surface area contributed by atoms with Gasteiger partial charge < -0.3 is 14.6 Å². The SMILES string of the molecule is CCCCCCCCC(c1c(F)cc(F)cc1F)C(O)(OC)OC. The predicted molar refractivity (Wildman–Crippen MR) is 86.0 cm³/mol. The van der Waals surface area contributed by atoms with Gasteiger partial charge in [0, 0.05) is 31.9 Å². The van der Waals surface area contributed by atoms with E-state index in [1.165, 1.54) is 14.2 Å². The van der Waals surface area contributed by atoms with Gasteiger partial charge in [-0.05, 0) is 6.42 Å². The van der Waals surface area contributed by atoms with Crippen molar-refractivity contribution >= 4 is 0 Å². The third-order valence-corrected chi connectivity index (χ3v) is 4.26. The van der Waals surface area contributed by atoms with Crippen molar-refractivity contribution in [3.05, 3.63) is 35.1 Å². The number of rotatable bonds is 11. The molecule has 3 nitrogen and oxygen atoms in total. The summed E-state index contributed by atoms with van der Waals surface area (Å²) in [5.41, 5.74) is -0.420. The van der Waals surface area contributed by atoms with E-state index in [-0.39, 0.29) is 6.42 Å². The second-order valence-corrected chi connectivity index (χ2v) is 5.93. The maximum atomic E-state index is 14.1. The minimum Gasteiger partial charge on any atom is -0.343 e. The van der Waals surface area contributed by atoms with Crippen molar-refractivity contribution in [2.75, 3.05) is 14.2 Å². The maximum absolute atomic E-state index is 14.1. The zero-order valence-electron chi connectivity index (χ0n) is 14.6. The summed E-state index contributed by atoms with van der Waals surface area (Å²) in [6.07, 6.45) is 6.13. The Morgan fingerprint density at radius 3 is 1.96 bits per heavy atom. The molecule has 1 aromatic carbocycles. The summed E-state index contributed by atoms with van der Waals surface area (Å²) in [4.78, 5) is 0. The highest BCUT2D eigenvalue weighted by molar-refractivity contribution is 5.26. The van der Waals surface area contributed by atoms with Crippen LogP contribution in [0.1, 0.15) is 63.4 Å². The first-order valence-corrected chi connectivity index (χ1v) is 8.36. The molecule has 1 unspecified atom stereocenters. The van der Waals surface area contributed by atoms with Gasteiger partial charge >= 0.3 is 0 Å². The van der Waals surface area contributed by atoms with Crippen LogP contribution in [-0.2, 0) is 9.47 Å². The first-order chi connectivity index (χ1) is 11.4. The van der Waals surface area contributed by atoms with E-state index in [4.69, 9.17) is 9.47 Å². The lowest BCUT2D eigenvalue weighted by Gasteiger charge is -2.33. The fourth-order valence-electron chi connectivity index (χ4n) is 2.89. The number of hydrogen-bond acceptors (Lipinski definition) is 3. The molecule has 6 heteroatoms. The molecule has 1 N–H and O–H groups in total. The van der Waals surface area contributed by atoms with Gasteiger partial charge in [-0.3, -0.25) is 0 Å². The van der Waals surface area contributed by atoms with Crippen molar-refractivity contribution in [1.82, 2.24) is 0 Å². The largest absolute Gasteiger partial charge is 0.343 e. The van der Waals surface area contributed by atoms with Crippen LogP contribution in [0.4, 0.5) is 13.2 Å². The Morgan fingerprint density at radius 1 is 0.958 bits per heavy atom. The summed E-state index contributed by atoms with van der Waals surface area (Å²) in [6.45, 7) is 2.12. The van der Waals surface area contributed by atoms with Gasteiger partial charge in [-0.15, -0.1) is 0 Å². The van der Waals surface area contributed by atoms with E-state index in [0.717, 1.165) is 32.1 Å². The van der Waals surface area contributed by atoms with Crippen molar-refractivity contribution in [3.8, 4) is 0 Å². The Balaban J connectivity index is 2.95. The van der Waals surface area contributed by atoms with Gasteiger partial charge in [0.25, 0.3) is 5.97 Å². The van der Waals surface area contributed by atoms with Crippen LogP contribution in [0.3, 0.4) is 0 Å². The highest BCUT2D eigenvalue weighted by atomic mass is 19.1. The zero-order valence-corrected chi connectivity index (χ0v) is 14.6. The van der Waals surface area contributed by atoms with Gasteiger partial charge in [0.15, 0.2) is 0 Å². The molecule has 0 saturated carbocycles. The van der Waals surface area contributed by atoms with Crippen LogP contribution < -0.4 is 0 Å². The Bertz CT molecular complexity index is 481. The summed E-state index contributed by atoms with van der Waals surface area (Å²) >= 11 is 0. The van der Waals surface area contributed by atoms with E-state index in [9.17, 15) is 18.3 Å². The quantitative estimate of drug-likeness (QED) is 0.458. The number of unbranched alkanes of at least 4 members (excludes halogenated alkanes) is 5. The lowest BCUT2D eigenvalue weighted by atomic mass is 9.89. The third-order valence-electron chi connectivity index (χ3n) is 4.26. The molecule has 0 aliphatic heterocycles. The summed E-state index contributed by atoms with van der Waals surface area (Å²) in [5, 5.41) is 10.4. The summed E-state index contributed by atoms with van der Waals surface area (Å²) in [6, 6.07) is 1.19. The van der Waals surface area contributed by atoms with E-state index < -0.39 is 34.9 Å². The highest BCUT2D eigenvalue weighted by Gasteiger charge is 2.41. The van der Waals surface area contributed by atoms with Crippen molar-refractivity contribution in [2.45, 2.75) is 63.8 Å². The molecular weight excluding hydrogens is 321 g/mol. The molecule has 0 spiro atoms. The second-order valence-electron chi connectivity index (χ2n) is 5.93. The second kappa shape index (κ2) is 10.0. The first-order valence-electron chi connectivity index (χ1n) is 8.36. The fraction of sp³-hybridized carbons (Fsp3) is 0.667. The average Bonchev–Trinajstić information content (AvgIpc) is 2.54. The zero-order chi connectivity index (χ0) is 18.2. The summed E-state index contributed by atoms with van der Waals surface area (Å²) < 4.78 is 51.3. The number of ether oxygens (including phenoxy) is 2. The number of hydrogen-bond donors (Lipinski definition) is 1. The molecule has 0 aliphatic carbocycles. The van der Waals surface area contributed by atoms with Crippen molar-refractivity contribution in [1.29, 1.82) is 0 Å². The van der Waals surface area contributed by atoms with E-state index in [1.807, 2.05) is 0 Å². The van der Waals surface area contributed by atoms with Crippen LogP contribution in [0.5, 0.6) is 0 Å². The highest BCUT2D eigenvalue weighted by Crippen LogP contribution is 2.37. The van der Waals surface area contributed by atoms with E-state index >= 15 is 0 Å². The number of benzene rings is 1. The molecule has 138 valence electrons. The van der Waals surface area contributed by atoms with Crippen LogP contribution in [0.25, 0.3) is 0 Å². The lowest BCUT2D eigenvalue weighted by Crippen LogP contribution is -2.41. The van der Waals surface area contributed by atoms with E-state index in [2.05, 4.69) is 6.92 Å². The van der Waals surface area contributed by atoms with Crippen molar-refractivity contribution < 1.29 is 27.8 Å². The fourth-order valence-corrected chi connectivity index (χ4v) is 2.89. The Morgan fingerprint density at radius 2 is 1.46 bits per heavy atom. The molecule has 0 aliphatic rings.